The fourth-order valence-corrected chi connectivity index (χ4v) is 3.16. The third kappa shape index (κ3) is 2.92. The van der Waals surface area contributed by atoms with Gasteiger partial charge in [0.15, 0.2) is 0 Å². The standard InChI is InChI=1S/C17H15ClN2O3/c1-11(12-3-2-4-14(18)9-12)19-16-7-6-15(20(22)23)10-13(16)5-8-17(19)21/h2-4,6-7,9-11H,5,8H2,1H3. The molecule has 0 saturated heterocycles. The number of nitrogens with zero attached hydrogens (tertiary/aromatic N) is 2. The van der Waals surface area contributed by atoms with Crippen LogP contribution in [0.3, 0.4) is 0 Å². The summed E-state index contributed by atoms with van der Waals surface area (Å²) in [5, 5.41) is 11.5. The first-order chi connectivity index (χ1) is 11.0. The van der Waals surface area contributed by atoms with Crippen LogP contribution in [0, 0.1) is 10.1 Å². The Hall–Kier alpha value is -2.40. The minimum atomic E-state index is -0.415. The van der Waals surface area contributed by atoms with E-state index in [1.165, 1.54) is 6.07 Å². The summed E-state index contributed by atoms with van der Waals surface area (Å²) >= 11 is 6.04. The van der Waals surface area contributed by atoms with Crippen molar-refractivity contribution in [3.63, 3.8) is 0 Å². The van der Waals surface area contributed by atoms with E-state index in [2.05, 4.69) is 0 Å². The van der Waals surface area contributed by atoms with Gasteiger partial charge in [-0.25, -0.2) is 0 Å². The summed E-state index contributed by atoms with van der Waals surface area (Å²) in [5.74, 6) is 0.0128. The topological polar surface area (TPSA) is 63.5 Å². The van der Waals surface area contributed by atoms with Gasteiger partial charge in [0, 0.05) is 29.3 Å². The molecule has 2 aromatic rings. The zero-order chi connectivity index (χ0) is 16.6. The Morgan fingerprint density at radius 2 is 2.00 bits per heavy atom. The second-order valence-electron chi connectivity index (χ2n) is 5.56. The largest absolute Gasteiger partial charge is 0.305 e. The van der Waals surface area contributed by atoms with Crippen LogP contribution in [-0.4, -0.2) is 10.8 Å². The van der Waals surface area contributed by atoms with E-state index in [-0.39, 0.29) is 17.6 Å². The van der Waals surface area contributed by atoms with Crippen molar-refractivity contribution in [1.82, 2.24) is 0 Å². The molecule has 1 unspecified atom stereocenters. The first kappa shape index (κ1) is 15.5. The average molecular weight is 331 g/mol. The number of amides is 1. The van der Waals surface area contributed by atoms with Crippen molar-refractivity contribution < 1.29 is 9.72 Å². The lowest BCUT2D eigenvalue weighted by molar-refractivity contribution is -0.384. The lowest BCUT2D eigenvalue weighted by atomic mass is 9.96. The molecule has 0 spiro atoms. The number of hydrogen-bond acceptors (Lipinski definition) is 3. The summed E-state index contributed by atoms with van der Waals surface area (Å²) in [6, 6.07) is 11.8. The molecule has 1 atom stereocenters. The Balaban J connectivity index is 2.03. The van der Waals surface area contributed by atoms with Crippen LogP contribution in [0.5, 0.6) is 0 Å². The quantitative estimate of drug-likeness (QED) is 0.623. The van der Waals surface area contributed by atoms with Crippen molar-refractivity contribution in [2.24, 2.45) is 0 Å². The highest BCUT2D eigenvalue weighted by molar-refractivity contribution is 6.30. The molecule has 0 bridgehead atoms. The predicted molar refractivity (Wildman–Crippen MR) is 88.8 cm³/mol. The highest BCUT2D eigenvalue weighted by Crippen LogP contribution is 2.36. The van der Waals surface area contributed by atoms with E-state index in [0.29, 0.717) is 17.9 Å². The summed E-state index contributed by atoms with van der Waals surface area (Å²) in [6.07, 6.45) is 0.869. The molecule has 5 nitrogen and oxygen atoms in total. The number of nitro benzene ring substituents is 1. The average Bonchev–Trinajstić information content (AvgIpc) is 2.53. The van der Waals surface area contributed by atoms with Crippen molar-refractivity contribution >= 4 is 28.9 Å². The third-order valence-corrected chi connectivity index (χ3v) is 4.36. The summed E-state index contributed by atoms with van der Waals surface area (Å²) in [6.45, 7) is 1.93. The molecule has 0 saturated carbocycles. The molecular weight excluding hydrogens is 316 g/mol. The molecule has 2 aromatic carbocycles. The molecule has 0 N–H and O–H groups in total. The molecule has 1 aliphatic rings. The van der Waals surface area contributed by atoms with Crippen LogP contribution in [0.2, 0.25) is 5.02 Å². The highest BCUT2D eigenvalue weighted by atomic mass is 35.5. The van der Waals surface area contributed by atoms with Crippen molar-refractivity contribution in [1.29, 1.82) is 0 Å². The molecule has 0 aliphatic carbocycles. The molecule has 3 rings (SSSR count). The van der Waals surface area contributed by atoms with Crippen LogP contribution >= 0.6 is 11.6 Å². The summed E-state index contributed by atoms with van der Waals surface area (Å²) in [7, 11) is 0. The van der Waals surface area contributed by atoms with Gasteiger partial charge in [-0.05, 0) is 42.7 Å². The van der Waals surface area contributed by atoms with Gasteiger partial charge in [0.1, 0.15) is 0 Å². The third-order valence-electron chi connectivity index (χ3n) is 4.13. The van der Waals surface area contributed by atoms with Crippen LogP contribution in [0.4, 0.5) is 11.4 Å². The number of aryl methyl sites for hydroxylation is 1. The molecule has 1 heterocycles. The maximum absolute atomic E-state index is 12.4. The number of halogens is 1. The normalized spacial score (nSPS) is 15.2. The van der Waals surface area contributed by atoms with Gasteiger partial charge >= 0.3 is 0 Å². The summed E-state index contributed by atoms with van der Waals surface area (Å²) < 4.78 is 0. The maximum Gasteiger partial charge on any atom is 0.269 e. The Kier molecular flexibility index (Phi) is 4.05. The molecule has 1 aliphatic heterocycles. The van der Waals surface area contributed by atoms with Crippen molar-refractivity contribution in [3.8, 4) is 0 Å². The molecule has 6 heteroatoms. The van der Waals surface area contributed by atoms with Crippen LogP contribution in [0.1, 0.15) is 30.5 Å². The second kappa shape index (κ2) is 6.01. The minimum absolute atomic E-state index is 0.0128. The summed E-state index contributed by atoms with van der Waals surface area (Å²) in [5.41, 5.74) is 2.54. The SMILES string of the molecule is CC(c1cccc(Cl)c1)N1C(=O)CCc2cc([N+](=O)[O-])ccc21. The number of non-ortho nitro benzene ring substituents is 1. The minimum Gasteiger partial charge on any atom is -0.305 e. The molecule has 0 aromatic heterocycles. The number of carbonyl (C=O) groups excluding carboxylic acids is 1. The van der Waals surface area contributed by atoms with Gasteiger partial charge in [0.25, 0.3) is 5.69 Å². The number of anilines is 1. The van der Waals surface area contributed by atoms with Crippen LogP contribution in [-0.2, 0) is 11.2 Å². The second-order valence-corrected chi connectivity index (χ2v) is 6.00. The van der Waals surface area contributed by atoms with E-state index >= 15 is 0 Å². The molecule has 118 valence electrons. The smallest absolute Gasteiger partial charge is 0.269 e. The number of nitro groups is 1. The fraction of sp³-hybridized carbons (Fsp3) is 0.235. The number of rotatable bonds is 3. The zero-order valence-corrected chi connectivity index (χ0v) is 13.3. The van der Waals surface area contributed by atoms with E-state index in [1.54, 1.807) is 23.1 Å². The van der Waals surface area contributed by atoms with Crippen molar-refractivity contribution in [2.75, 3.05) is 4.90 Å². The Labute approximate surface area is 138 Å². The zero-order valence-electron chi connectivity index (χ0n) is 12.5. The van der Waals surface area contributed by atoms with Crippen LogP contribution < -0.4 is 4.90 Å². The van der Waals surface area contributed by atoms with E-state index in [4.69, 9.17) is 11.6 Å². The molecule has 0 fully saturated rings. The van der Waals surface area contributed by atoms with Gasteiger partial charge in [0.05, 0.1) is 11.0 Å². The first-order valence-corrected chi connectivity index (χ1v) is 7.70. The number of fused-ring (bicyclic) bond motifs is 1. The Morgan fingerprint density at radius 1 is 1.22 bits per heavy atom. The van der Waals surface area contributed by atoms with E-state index in [0.717, 1.165) is 16.8 Å². The van der Waals surface area contributed by atoms with E-state index < -0.39 is 4.92 Å². The Bertz CT molecular complexity index is 791. The van der Waals surface area contributed by atoms with E-state index in [1.807, 2.05) is 25.1 Å². The van der Waals surface area contributed by atoms with Gasteiger partial charge in [0.2, 0.25) is 5.91 Å². The monoisotopic (exact) mass is 330 g/mol. The van der Waals surface area contributed by atoms with Crippen molar-refractivity contribution in [2.45, 2.75) is 25.8 Å². The maximum atomic E-state index is 12.4. The molecule has 1 amide bonds. The highest BCUT2D eigenvalue weighted by Gasteiger charge is 2.30. The lowest BCUT2D eigenvalue weighted by Gasteiger charge is -2.34. The number of benzene rings is 2. The summed E-state index contributed by atoms with van der Waals surface area (Å²) in [4.78, 5) is 24.7. The van der Waals surface area contributed by atoms with E-state index in [9.17, 15) is 14.9 Å². The van der Waals surface area contributed by atoms with Gasteiger partial charge in [-0.15, -0.1) is 0 Å². The van der Waals surface area contributed by atoms with Crippen molar-refractivity contribution in [3.05, 3.63) is 68.7 Å². The Morgan fingerprint density at radius 3 is 2.70 bits per heavy atom. The fourth-order valence-electron chi connectivity index (χ4n) is 2.96. The molecular formula is C17H15ClN2O3. The lowest BCUT2D eigenvalue weighted by Crippen LogP contribution is -2.37. The first-order valence-electron chi connectivity index (χ1n) is 7.32. The molecule has 0 radical (unpaired) electrons. The predicted octanol–water partition coefficient (Wildman–Crippen LogP) is 4.29. The van der Waals surface area contributed by atoms with Gasteiger partial charge in [-0.1, -0.05) is 23.7 Å². The van der Waals surface area contributed by atoms with Gasteiger partial charge in [-0.3, -0.25) is 14.9 Å². The number of carbonyl (C=O) groups is 1. The van der Waals surface area contributed by atoms with Crippen LogP contribution in [0.25, 0.3) is 0 Å². The molecule has 23 heavy (non-hydrogen) atoms. The van der Waals surface area contributed by atoms with Gasteiger partial charge < -0.3 is 4.90 Å². The number of hydrogen-bond donors (Lipinski definition) is 0. The van der Waals surface area contributed by atoms with Gasteiger partial charge in [-0.2, -0.15) is 0 Å². The van der Waals surface area contributed by atoms with Crippen LogP contribution in [0.15, 0.2) is 42.5 Å².